The molecule has 0 aromatic heterocycles. The molecule has 3 atom stereocenters. The highest BCUT2D eigenvalue weighted by Crippen LogP contribution is 2.46. The van der Waals surface area contributed by atoms with Crippen LogP contribution < -0.4 is 10.6 Å². The van der Waals surface area contributed by atoms with E-state index in [1.54, 1.807) is 0 Å². The van der Waals surface area contributed by atoms with Crippen molar-refractivity contribution in [1.82, 2.24) is 10.6 Å². The lowest BCUT2D eigenvalue weighted by Gasteiger charge is -2.25. The van der Waals surface area contributed by atoms with Crippen LogP contribution in [0.3, 0.4) is 0 Å². The van der Waals surface area contributed by atoms with Crippen LogP contribution in [0.1, 0.15) is 17.9 Å². The summed E-state index contributed by atoms with van der Waals surface area (Å²) in [5.74, 6) is -0.664. The molecular formula is C14H16N2O3. The Morgan fingerprint density at radius 2 is 1.95 bits per heavy atom. The molecule has 0 bridgehead atoms. The van der Waals surface area contributed by atoms with Gasteiger partial charge in [-0.25, -0.2) is 0 Å². The summed E-state index contributed by atoms with van der Waals surface area (Å²) in [6.45, 7) is 0.330. The number of benzene rings is 1. The van der Waals surface area contributed by atoms with Crippen molar-refractivity contribution in [3.05, 3.63) is 35.9 Å². The highest BCUT2D eigenvalue weighted by Gasteiger charge is 2.60. The topological polar surface area (TPSA) is 78.4 Å². The van der Waals surface area contributed by atoms with Crippen LogP contribution >= 0.6 is 0 Å². The fourth-order valence-electron chi connectivity index (χ4n) is 3.23. The second-order valence-corrected chi connectivity index (χ2v) is 5.20. The van der Waals surface area contributed by atoms with Gasteiger partial charge in [-0.2, -0.15) is 0 Å². The number of rotatable bonds is 2. The lowest BCUT2D eigenvalue weighted by molar-refractivity contribution is -0.138. The smallest absolute Gasteiger partial charge is 0.236 e. The van der Waals surface area contributed by atoms with Gasteiger partial charge in [0.1, 0.15) is 5.41 Å². The van der Waals surface area contributed by atoms with E-state index >= 15 is 0 Å². The SMILES string of the molecule is O=C1NC[C@@H](c2ccccc2)[C@@]12C[C@@H](CO)NC2=O. The minimum absolute atomic E-state index is 0.137. The van der Waals surface area contributed by atoms with Gasteiger partial charge in [-0.1, -0.05) is 30.3 Å². The van der Waals surface area contributed by atoms with Crippen molar-refractivity contribution in [3.63, 3.8) is 0 Å². The van der Waals surface area contributed by atoms with E-state index in [1.165, 1.54) is 0 Å². The van der Waals surface area contributed by atoms with Crippen molar-refractivity contribution in [3.8, 4) is 0 Å². The Kier molecular flexibility index (Phi) is 2.78. The van der Waals surface area contributed by atoms with E-state index in [9.17, 15) is 14.7 Å². The number of nitrogens with one attached hydrogen (secondary N) is 2. The predicted molar refractivity (Wildman–Crippen MR) is 68.3 cm³/mol. The van der Waals surface area contributed by atoms with Crippen molar-refractivity contribution in [1.29, 1.82) is 0 Å². The van der Waals surface area contributed by atoms with Crippen molar-refractivity contribution in [2.24, 2.45) is 5.41 Å². The van der Waals surface area contributed by atoms with Crippen molar-refractivity contribution in [2.75, 3.05) is 13.2 Å². The molecule has 2 amide bonds. The molecule has 5 nitrogen and oxygen atoms in total. The third-order valence-electron chi connectivity index (χ3n) is 4.20. The first-order chi connectivity index (χ1) is 9.18. The van der Waals surface area contributed by atoms with Gasteiger partial charge >= 0.3 is 0 Å². The molecule has 3 rings (SSSR count). The number of aliphatic hydroxyl groups excluding tert-OH is 1. The summed E-state index contributed by atoms with van der Waals surface area (Å²) in [6, 6.07) is 9.26. The molecule has 100 valence electrons. The molecular weight excluding hydrogens is 244 g/mol. The zero-order valence-corrected chi connectivity index (χ0v) is 10.4. The zero-order valence-electron chi connectivity index (χ0n) is 10.4. The minimum Gasteiger partial charge on any atom is -0.394 e. The Bertz CT molecular complexity index is 517. The average Bonchev–Trinajstić information content (AvgIpc) is 2.94. The molecule has 1 spiro atoms. The molecule has 5 heteroatoms. The van der Waals surface area contributed by atoms with E-state index in [0.29, 0.717) is 13.0 Å². The minimum atomic E-state index is -1.06. The van der Waals surface area contributed by atoms with Crippen LogP contribution in [0.2, 0.25) is 0 Å². The number of aliphatic hydroxyl groups is 1. The second kappa shape index (κ2) is 4.35. The largest absolute Gasteiger partial charge is 0.394 e. The standard InChI is InChI=1S/C14H16N2O3/c17-8-10-6-14(13(19)16-10)11(7-15-12(14)18)9-4-2-1-3-5-9/h1-5,10-11,17H,6-8H2,(H,15,18)(H,16,19)/t10-,11-,14-/m0/s1. The fourth-order valence-corrected chi connectivity index (χ4v) is 3.23. The number of carbonyl (C=O) groups is 2. The van der Waals surface area contributed by atoms with Gasteiger partial charge in [0.25, 0.3) is 0 Å². The molecule has 2 heterocycles. The van der Waals surface area contributed by atoms with E-state index in [1.807, 2.05) is 30.3 Å². The highest BCUT2D eigenvalue weighted by atomic mass is 16.3. The Balaban J connectivity index is 2.02. The molecule has 0 saturated carbocycles. The summed E-state index contributed by atoms with van der Waals surface area (Å²) in [6.07, 6.45) is 0.355. The van der Waals surface area contributed by atoms with Crippen LogP contribution in [-0.4, -0.2) is 36.1 Å². The van der Waals surface area contributed by atoms with E-state index in [0.717, 1.165) is 5.56 Å². The second-order valence-electron chi connectivity index (χ2n) is 5.20. The predicted octanol–water partition coefficient (Wildman–Crippen LogP) is -0.233. The molecule has 0 unspecified atom stereocenters. The van der Waals surface area contributed by atoms with Gasteiger partial charge in [-0.3, -0.25) is 9.59 Å². The maximum absolute atomic E-state index is 12.3. The summed E-state index contributed by atoms with van der Waals surface area (Å²) in [5, 5.41) is 14.7. The van der Waals surface area contributed by atoms with Gasteiger partial charge in [0, 0.05) is 12.5 Å². The first-order valence-electron chi connectivity index (χ1n) is 6.43. The summed E-state index contributed by atoms with van der Waals surface area (Å²) >= 11 is 0. The van der Waals surface area contributed by atoms with Crippen molar-refractivity contribution in [2.45, 2.75) is 18.4 Å². The number of hydrogen-bond acceptors (Lipinski definition) is 3. The number of amides is 2. The third kappa shape index (κ3) is 1.65. The monoisotopic (exact) mass is 260 g/mol. The van der Waals surface area contributed by atoms with E-state index < -0.39 is 5.41 Å². The van der Waals surface area contributed by atoms with Crippen LogP contribution in [0.5, 0.6) is 0 Å². The normalized spacial score (nSPS) is 33.5. The van der Waals surface area contributed by atoms with Crippen LogP contribution in [0.25, 0.3) is 0 Å². The van der Waals surface area contributed by atoms with Gasteiger partial charge < -0.3 is 15.7 Å². The van der Waals surface area contributed by atoms with E-state index in [2.05, 4.69) is 10.6 Å². The Hall–Kier alpha value is -1.88. The van der Waals surface area contributed by atoms with Crippen LogP contribution in [0.4, 0.5) is 0 Å². The zero-order chi connectivity index (χ0) is 13.5. The Morgan fingerprint density at radius 3 is 2.58 bits per heavy atom. The van der Waals surface area contributed by atoms with Gasteiger partial charge in [0.05, 0.1) is 12.6 Å². The van der Waals surface area contributed by atoms with Gasteiger partial charge in [-0.05, 0) is 12.0 Å². The molecule has 0 aliphatic carbocycles. The van der Waals surface area contributed by atoms with Crippen LogP contribution in [-0.2, 0) is 9.59 Å². The molecule has 2 aliphatic heterocycles. The lowest BCUT2D eigenvalue weighted by Crippen LogP contribution is -2.41. The van der Waals surface area contributed by atoms with Gasteiger partial charge in [-0.15, -0.1) is 0 Å². The molecule has 1 aromatic carbocycles. The maximum Gasteiger partial charge on any atom is 0.236 e. The van der Waals surface area contributed by atoms with Crippen molar-refractivity contribution >= 4 is 11.8 Å². The molecule has 0 radical (unpaired) electrons. The van der Waals surface area contributed by atoms with E-state index in [4.69, 9.17) is 0 Å². The fraction of sp³-hybridized carbons (Fsp3) is 0.429. The van der Waals surface area contributed by atoms with E-state index in [-0.39, 0.29) is 30.4 Å². The molecule has 3 N–H and O–H groups in total. The molecule has 1 aromatic rings. The molecule has 2 aliphatic rings. The van der Waals surface area contributed by atoms with Crippen LogP contribution in [0, 0.1) is 5.41 Å². The Morgan fingerprint density at radius 1 is 1.21 bits per heavy atom. The summed E-state index contributed by atoms with van der Waals surface area (Å²) < 4.78 is 0. The first-order valence-corrected chi connectivity index (χ1v) is 6.43. The average molecular weight is 260 g/mol. The van der Waals surface area contributed by atoms with Gasteiger partial charge in [0.2, 0.25) is 11.8 Å². The molecule has 19 heavy (non-hydrogen) atoms. The van der Waals surface area contributed by atoms with Gasteiger partial charge in [0.15, 0.2) is 0 Å². The quantitative estimate of drug-likeness (QED) is 0.643. The number of hydrogen-bond donors (Lipinski definition) is 3. The lowest BCUT2D eigenvalue weighted by atomic mass is 9.72. The highest BCUT2D eigenvalue weighted by molar-refractivity contribution is 6.09. The summed E-state index contributed by atoms with van der Waals surface area (Å²) in [7, 11) is 0. The Labute approximate surface area is 111 Å². The number of carbonyl (C=O) groups excluding carboxylic acids is 2. The first kappa shape index (κ1) is 12.2. The maximum atomic E-state index is 12.3. The van der Waals surface area contributed by atoms with Crippen LogP contribution in [0.15, 0.2) is 30.3 Å². The summed E-state index contributed by atoms with van der Waals surface area (Å²) in [5.41, 5.74) is -0.0797. The molecule has 2 fully saturated rings. The third-order valence-corrected chi connectivity index (χ3v) is 4.20. The van der Waals surface area contributed by atoms with Crippen molar-refractivity contribution < 1.29 is 14.7 Å². The molecule has 2 saturated heterocycles. The summed E-state index contributed by atoms with van der Waals surface area (Å²) in [4.78, 5) is 24.5.